The summed E-state index contributed by atoms with van der Waals surface area (Å²) in [4.78, 5) is 19.3. The van der Waals surface area contributed by atoms with Gasteiger partial charge in [-0.2, -0.15) is 4.31 Å². The zero-order chi connectivity index (χ0) is 20.5. The van der Waals surface area contributed by atoms with E-state index in [1.807, 2.05) is 0 Å². The SMILES string of the molecule is O=C(O)N1CCC2(CCCN(S(=O)(=O)c3ccc(N4CCOCC4)nc3)C2)CC1. The van der Waals surface area contributed by atoms with Crippen LogP contribution in [-0.4, -0.2) is 86.3 Å². The second-order valence-electron chi connectivity index (χ2n) is 8.16. The van der Waals surface area contributed by atoms with Crippen molar-refractivity contribution in [3.63, 3.8) is 0 Å². The number of morpholine rings is 1. The van der Waals surface area contributed by atoms with Crippen molar-refractivity contribution in [3.8, 4) is 0 Å². The molecule has 160 valence electrons. The van der Waals surface area contributed by atoms with E-state index in [2.05, 4.69) is 9.88 Å². The zero-order valence-electron chi connectivity index (χ0n) is 16.5. The molecule has 0 unspecified atom stereocenters. The minimum Gasteiger partial charge on any atom is -0.465 e. The van der Waals surface area contributed by atoms with Crippen LogP contribution in [0.1, 0.15) is 25.7 Å². The normalized spacial score (nSPS) is 23.3. The van der Waals surface area contributed by atoms with Gasteiger partial charge in [-0.25, -0.2) is 18.2 Å². The fraction of sp³-hybridized carbons (Fsp3) is 0.684. The maximum atomic E-state index is 13.2. The summed E-state index contributed by atoms with van der Waals surface area (Å²) in [5, 5.41) is 9.17. The van der Waals surface area contributed by atoms with E-state index >= 15 is 0 Å². The van der Waals surface area contributed by atoms with Gasteiger partial charge in [-0.3, -0.25) is 0 Å². The van der Waals surface area contributed by atoms with Crippen LogP contribution < -0.4 is 4.90 Å². The van der Waals surface area contributed by atoms with Gasteiger partial charge < -0.3 is 19.6 Å². The molecule has 1 aromatic heterocycles. The maximum Gasteiger partial charge on any atom is 0.407 e. The Balaban J connectivity index is 1.46. The Morgan fingerprint density at radius 3 is 2.41 bits per heavy atom. The topological polar surface area (TPSA) is 103 Å². The van der Waals surface area contributed by atoms with Crippen molar-refractivity contribution >= 4 is 21.9 Å². The molecule has 0 radical (unpaired) electrons. The van der Waals surface area contributed by atoms with Gasteiger partial charge in [-0.1, -0.05) is 0 Å². The van der Waals surface area contributed by atoms with Crippen LogP contribution in [-0.2, 0) is 14.8 Å². The van der Waals surface area contributed by atoms with Crippen molar-refractivity contribution in [3.05, 3.63) is 18.3 Å². The average Bonchev–Trinajstić information content (AvgIpc) is 2.75. The number of carbonyl (C=O) groups is 1. The van der Waals surface area contributed by atoms with Gasteiger partial charge in [0.25, 0.3) is 0 Å². The number of pyridine rings is 1. The summed E-state index contributed by atoms with van der Waals surface area (Å²) in [6, 6.07) is 3.41. The Hall–Kier alpha value is -1.91. The van der Waals surface area contributed by atoms with Crippen molar-refractivity contribution in [2.75, 3.05) is 57.4 Å². The highest BCUT2D eigenvalue weighted by Crippen LogP contribution is 2.41. The summed E-state index contributed by atoms with van der Waals surface area (Å²) < 4.78 is 33.4. The molecule has 0 saturated carbocycles. The van der Waals surface area contributed by atoms with E-state index in [-0.39, 0.29) is 10.3 Å². The first-order valence-electron chi connectivity index (χ1n) is 10.2. The standard InChI is InChI=1S/C19H28N4O5S/c24-18(25)22-8-5-19(6-9-22)4-1-7-23(15-19)29(26,27)16-2-3-17(20-14-16)21-10-12-28-13-11-21/h2-3,14H,1,4-13,15H2,(H,24,25). The van der Waals surface area contributed by atoms with Crippen LogP contribution in [0.25, 0.3) is 0 Å². The molecule has 3 fully saturated rings. The third-order valence-corrected chi connectivity index (χ3v) is 8.24. The molecule has 3 aliphatic rings. The van der Waals surface area contributed by atoms with Crippen LogP contribution in [0.2, 0.25) is 0 Å². The number of ether oxygens (including phenoxy) is 1. The molecule has 9 nitrogen and oxygen atoms in total. The average molecular weight is 425 g/mol. The molecule has 1 spiro atoms. The van der Waals surface area contributed by atoms with Crippen molar-refractivity contribution < 1.29 is 23.1 Å². The first kappa shape index (κ1) is 20.4. The van der Waals surface area contributed by atoms with Gasteiger partial charge in [-0.05, 0) is 43.2 Å². The van der Waals surface area contributed by atoms with Crippen molar-refractivity contribution in [2.45, 2.75) is 30.6 Å². The molecule has 4 heterocycles. The molecule has 10 heteroatoms. The number of hydrogen-bond acceptors (Lipinski definition) is 6. The molecule has 0 bridgehead atoms. The Labute approximate surface area is 171 Å². The number of amides is 1. The zero-order valence-corrected chi connectivity index (χ0v) is 17.3. The van der Waals surface area contributed by atoms with Gasteiger partial charge in [0, 0.05) is 45.5 Å². The number of hydrogen-bond donors (Lipinski definition) is 1. The lowest BCUT2D eigenvalue weighted by Gasteiger charge is -2.46. The second-order valence-corrected chi connectivity index (χ2v) is 10.1. The van der Waals surface area contributed by atoms with Crippen LogP contribution in [0.5, 0.6) is 0 Å². The lowest BCUT2D eigenvalue weighted by Crippen LogP contribution is -2.51. The van der Waals surface area contributed by atoms with Gasteiger partial charge in [0.1, 0.15) is 10.7 Å². The van der Waals surface area contributed by atoms with E-state index in [9.17, 15) is 18.3 Å². The highest BCUT2D eigenvalue weighted by Gasteiger charge is 2.42. The van der Waals surface area contributed by atoms with Crippen molar-refractivity contribution in [1.29, 1.82) is 0 Å². The lowest BCUT2D eigenvalue weighted by atomic mass is 9.73. The Kier molecular flexibility index (Phi) is 5.67. The Bertz CT molecular complexity index is 831. The van der Waals surface area contributed by atoms with Crippen LogP contribution in [0.3, 0.4) is 0 Å². The fourth-order valence-electron chi connectivity index (χ4n) is 4.60. The number of likely N-dealkylation sites (tertiary alicyclic amines) is 1. The summed E-state index contributed by atoms with van der Waals surface area (Å²) in [7, 11) is -3.62. The summed E-state index contributed by atoms with van der Waals surface area (Å²) >= 11 is 0. The van der Waals surface area contributed by atoms with Crippen LogP contribution >= 0.6 is 0 Å². The Morgan fingerprint density at radius 2 is 1.79 bits per heavy atom. The largest absolute Gasteiger partial charge is 0.465 e. The van der Waals surface area contributed by atoms with E-state index in [1.54, 1.807) is 16.4 Å². The number of piperidine rings is 2. The minimum absolute atomic E-state index is 0.127. The molecule has 3 saturated heterocycles. The first-order valence-corrected chi connectivity index (χ1v) is 11.6. The monoisotopic (exact) mass is 424 g/mol. The summed E-state index contributed by atoms with van der Waals surface area (Å²) in [5.74, 6) is 0.767. The van der Waals surface area contributed by atoms with E-state index in [0.717, 1.165) is 31.7 Å². The third-order valence-electron chi connectivity index (χ3n) is 6.41. The maximum absolute atomic E-state index is 13.2. The summed E-state index contributed by atoms with van der Waals surface area (Å²) in [6.45, 7) is 4.69. The molecule has 3 aliphatic heterocycles. The number of sulfonamides is 1. The van der Waals surface area contributed by atoms with Gasteiger partial charge in [0.2, 0.25) is 10.0 Å². The van der Waals surface area contributed by atoms with Gasteiger partial charge in [-0.15, -0.1) is 0 Å². The van der Waals surface area contributed by atoms with Gasteiger partial charge >= 0.3 is 6.09 Å². The number of anilines is 1. The number of rotatable bonds is 3. The second kappa shape index (κ2) is 8.08. The molecule has 1 amide bonds. The lowest BCUT2D eigenvalue weighted by molar-refractivity contribution is 0.0520. The summed E-state index contributed by atoms with van der Waals surface area (Å²) in [5.41, 5.74) is -0.127. The van der Waals surface area contributed by atoms with E-state index < -0.39 is 16.1 Å². The molecule has 4 rings (SSSR count). The van der Waals surface area contributed by atoms with Crippen LogP contribution in [0.4, 0.5) is 10.6 Å². The smallest absolute Gasteiger partial charge is 0.407 e. The first-order chi connectivity index (χ1) is 13.9. The van der Waals surface area contributed by atoms with Crippen molar-refractivity contribution in [2.24, 2.45) is 5.41 Å². The number of carboxylic acid groups (broad SMARTS) is 1. The number of nitrogens with zero attached hydrogens (tertiary/aromatic N) is 4. The molecule has 1 aromatic rings. The van der Waals surface area contributed by atoms with E-state index in [1.165, 1.54) is 11.1 Å². The molecule has 0 aliphatic carbocycles. The predicted octanol–water partition coefficient (Wildman–Crippen LogP) is 1.46. The molecular formula is C19H28N4O5S. The quantitative estimate of drug-likeness (QED) is 0.783. The molecule has 29 heavy (non-hydrogen) atoms. The molecule has 0 aromatic carbocycles. The van der Waals surface area contributed by atoms with Gasteiger partial charge in [0.15, 0.2) is 0 Å². The van der Waals surface area contributed by atoms with Gasteiger partial charge in [0.05, 0.1) is 13.2 Å². The summed E-state index contributed by atoms with van der Waals surface area (Å²) in [6.07, 6.45) is 3.71. The van der Waals surface area contributed by atoms with E-state index in [0.29, 0.717) is 52.2 Å². The van der Waals surface area contributed by atoms with Crippen molar-refractivity contribution in [1.82, 2.24) is 14.2 Å². The van der Waals surface area contributed by atoms with Crippen LogP contribution in [0.15, 0.2) is 23.2 Å². The van der Waals surface area contributed by atoms with E-state index in [4.69, 9.17) is 4.74 Å². The molecule has 0 atom stereocenters. The fourth-order valence-corrected chi connectivity index (χ4v) is 6.14. The Morgan fingerprint density at radius 1 is 1.07 bits per heavy atom. The minimum atomic E-state index is -3.62. The molecular weight excluding hydrogens is 396 g/mol. The third kappa shape index (κ3) is 4.19. The highest BCUT2D eigenvalue weighted by atomic mass is 32.2. The predicted molar refractivity (Wildman–Crippen MR) is 107 cm³/mol. The molecule has 1 N–H and O–H groups in total. The van der Waals surface area contributed by atoms with Crippen LogP contribution in [0, 0.1) is 5.41 Å². The number of aromatic nitrogens is 1. The highest BCUT2D eigenvalue weighted by molar-refractivity contribution is 7.89.